The van der Waals surface area contributed by atoms with Crippen molar-refractivity contribution in [2.75, 3.05) is 4.90 Å². The van der Waals surface area contributed by atoms with Gasteiger partial charge in [-0.1, -0.05) is 30.3 Å². The zero-order valence-electron chi connectivity index (χ0n) is 15.0. The van der Waals surface area contributed by atoms with Gasteiger partial charge in [0.15, 0.2) is 0 Å². The summed E-state index contributed by atoms with van der Waals surface area (Å²) in [5.74, 6) is -1.56. The quantitative estimate of drug-likeness (QED) is 0.672. The lowest BCUT2D eigenvalue weighted by Gasteiger charge is -2.33. The van der Waals surface area contributed by atoms with E-state index in [0.29, 0.717) is 6.42 Å². The van der Waals surface area contributed by atoms with Gasteiger partial charge in [-0.25, -0.2) is 14.5 Å². The first-order valence-corrected chi connectivity index (χ1v) is 9.07. The molecular weight excluding hydrogens is 358 g/mol. The Morgan fingerprint density at radius 2 is 1.82 bits per heavy atom. The van der Waals surface area contributed by atoms with Crippen LogP contribution in [0.15, 0.2) is 48.5 Å². The Bertz CT molecular complexity index is 1170. The van der Waals surface area contributed by atoms with E-state index in [4.69, 9.17) is 0 Å². The van der Waals surface area contributed by atoms with Gasteiger partial charge in [0.25, 0.3) is 5.91 Å². The van der Waals surface area contributed by atoms with Crippen molar-refractivity contribution < 1.29 is 19.5 Å². The molecular formula is C21H17N3O4. The van der Waals surface area contributed by atoms with Gasteiger partial charge in [0, 0.05) is 23.0 Å². The Morgan fingerprint density at radius 3 is 2.61 bits per heavy atom. The smallest absolute Gasteiger partial charge is 0.337 e. The van der Waals surface area contributed by atoms with Crippen LogP contribution in [-0.2, 0) is 11.2 Å². The number of imide groups is 1. The van der Waals surface area contributed by atoms with Crippen LogP contribution in [0.25, 0.3) is 10.9 Å². The number of carbonyl (C=O) groups is 3. The SMILES string of the molecule is C[C@@H]1c2[nH]c3ccccc3c2C[C@H]2C(=O)N(c3ccccc3C(=O)O)C(=O)N12. The van der Waals surface area contributed by atoms with Gasteiger partial charge >= 0.3 is 12.0 Å². The second-order valence-electron chi connectivity index (χ2n) is 7.14. The molecule has 1 fully saturated rings. The molecule has 3 aromatic rings. The number of hydrogen-bond acceptors (Lipinski definition) is 3. The van der Waals surface area contributed by atoms with Crippen LogP contribution in [0.5, 0.6) is 0 Å². The van der Waals surface area contributed by atoms with Crippen molar-refractivity contribution in [2.45, 2.75) is 25.4 Å². The summed E-state index contributed by atoms with van der Waals surface area (Å²) in [4.78, 5) is 43.9. The topological polar surface area (TPSA) is 93.7 Å². The molecule has 0 spiro atoms. The lowest BCUT2D eigenvalue weighted by molar-refractivity contribution is -0.120. The molecule has 7 nitrogen and oxygen atoms in total. The number of anilines is 1. The minimum Gasteiger partial charge on any atom is -0.478 e. The number of H-pyrrole nitrogens is 1. The maximum absolute atomic E-state index is 13.2. The first-order valence-electron chi connectivity index (χ1n) is 9.07. The van der Waals surface area contributed by atoms with Crippen molar-refractivity contribution >= 4 is 34.5 Å². The van der Waals surface area contributed by atoms with E-state index >= 15 is 0 Å². The highest BCUT2D eigenvalue weighted by Gasteiger charge is 2.52. The first kappa shape index (κ1) is 16.6. The van der Waals surface area contributed by atoms with Gasteiger partial charge in [0.2, 0.25) is 0 Å². The van der Waals surface area contributed by atoms with Crippen molar-refractivity contribution in [2.24, 2.45) is 0 Å². The number of nitrogens with zero attached hydrogens (tertiary/aromatic N) is 2. The van der Waals surface area contributed by atoms with Crippen LogP contribution in [-0.4, -0.2) is 38.9 Å². The summed E-state index contributed by atoms with van der Waals surface area (Å²) in [6.45, 7) is 1.89. The Hall–Kier alpha value is -3.61. The largest absolute Gasteiger partial charge is 0.478 e. The molecule has 3 amide bonds. The fourth-order valence-corrected chi connectivity index (χ4v) is 4.43. The zero-order chi connectivity index (χ0) is 19.6. The fraction of sp³-hybridized carbons (Fsp3) is 0.190. The van der Waals surface area contributed by atoms with E-state index < -0.39 is 18.0 Å². The van der Waals surface area contributed by atoms with Crippen molar-refractivity contribution in [3.05, 3.63) is 65.4 Å². The third kappa shape index (κ3) is 2.07. The van der Waals surface area contributed by atoms with E-state index in [1.807, 2.05) is 31.2 Å². The van der Waals surface area contributed by atoms with Gasteiger partial charge in [-0.2, -0.15) is 0 Å². The molecule has 1 aromatic heterocycles. The number of carboxylic acid groups (broad SMARTS) is 1. The minimum atomic E-state index is -1.18. The fourth-order valence-electron chi connectivity index (χ4n) is 4.43. The third-order valence-electron chi connectivity index (χ3n) is 5.71. The van der Waals surface area contributed by atoms with Crippen LogP contribution >= 0.6 is 0 Å². The highest BCUT2D eigenvalue weighted by Crippen LogP contribution is 2.42. The summed E-state index contributed by atoms with van der Waals surface area (Å²) in [5, 5.41) is 10.5. The van der Waals surface area contributed by atoms with Crippen molar-refractivity contribution in [1.82, 2.24) is 9.88 Å². The number of amides is 3. The number of rotatable bonds is 2. The number of fused-ring (bicyclic) bond motifs is 4. The number of para-hydroxylation sites is 2. The molecule has 0 bridgehead atoms. The number of aromatic carboxylic acids is 1. The summed E-state index contributed by atoms with van der Waals surface area (Å²) >= 11 is 0. The third-order valence-corrected chi connectivity index (χ3v) is 5.71. The molecule has 7 heteroatoms. The molecule has 2 N–H and O–H groups in total. The average molecular weight is 375 g/mol. The van der Waals surface area contributed by atoms with E-state index in [1.165, 1.54) is 12.1 Å². The second kappa shape index (κ2) is 5.69. The van der Waals surface area contributed by atoms with E-state index in [9.17, 15) is 19.5 Å². The standard InChI is InChI=1S/C21H17N3O4/c1-11-18-14(12-6-2-4-8-15(12)22-18)10-17-19(25)24(21(28)23(11)17)16-9-5-3-7-13(16)20(26)27/h2-9,11,17,22H,10H2,1H3,(H,26,27)/t11-,17+/m1/s1. The lowest BCUT2D eigenvalue weighted by Crippen LogP contribution is -2.42. The summed E-state index contributed by atoms with van der Waals surface area (Å²) in [6.07, 6.45) is 0.403. The molecule has 2 atom stereocenters. The number of nitrogens with one attached hydrogen (secondary N) is 1. The molecule has 0 saturated carbocycles. The second-order valence-corrected chi connectivity index (χ2v) is 7.14. The number of carbonyl (C=O) groups excluding carboxylic acids is 2. The number of aromatic amines is 1. The molecule has 3 heterocycles. The predicted octanol–water partition coefficient (Wildman–Crippen LogP) is 3.32. The van der Waals surface area contributed by atoms with Crippen LogP contribution in [0.3, 0.4) is 0 Å². The van der Waals surface area contributed by atoms with Crippen LogP contribution in [0.1, 0.15) is 34.6 Å². The van der Waals surface area contributed by atoms with Gasteiger partial charge in [-0.05, 0) is 30.7 Å². The van der Waals surface area contributed by atoms with E-state index in [1.54, 1.807) is 17.0 Å². The summed E-state index contributed by atoms with van der Waals surface area (Å²) in [5.41, 5.74) is 2.99. The number of carboxylic acids is 1. The maximum Gasteiger partial charge on any atom is 0.337 e. The number of urea groups is 1. The molecule has 0 unspecified atom stereocenters. The highest BCUT2D eigenvalue weighted by atomic mass is 16.4. The predicted molar refractivity (Wildman–Crippen MR) is 102 cm³/mol. The minimum absolute atomic E-state index is 0.0688. The van der Waals surface area contributed by atoms with Crippen LogP contribution in [0.2, 0.25) is 0 Å². The Balaban J connectivity index is 1.62. The molecule has 0 radical (unpaired) electrons. The van der Waals surface area contributed by atoms with Gasteiger partial charge in [0.1, 0.15) is 6.04 Å². The lowest BCUT2D eigenvalue weighted by atomic mass is 9.93. The molecule has 28 heavy (non-hydrogen) atoms. The molecule has 5 rings (SSSR count). The summed E-state index contributed by atoms with van der Waals surface area (Å²) in [6, 6.07) is 12.5. The normalized spacial score (nSPS) is 21.2. The molecule has 2 aliphatic rings. The average Bonchev–Trinajstić information content (AvgIpc) is 3.18. The van der Waals surface area contributed by atoms with E-state index in [0.717, 1.165) is 27.1 Å². The number of benzene rings is 2. The molecule has 1 saturated heterocycles. The summed E-state index contributed by atoms with van der Waals surface area (Å²) in [7, 11) is 0. The van der Waals surface area contributed by atoms with Crippen molar-refractivity contribution in [3.63, 3.8) is 0 Å². The Kier molecular flexibility index (Phi) is 3.37. The van der Waals surface area contributed by atoms with Crippen LogP contribution < -0.4 is 4.90 Å². The van der Waals surface area contributed by atoms with Gasteiger partial charge < -0.3 is 15.0 Å². The first-order chi connectivity index (χ1) is 13.5. The van der Waals surface area contributed by atoms with Gasteiger partial charge in [-0.15, -0.1) is 0 Å². The van der Waals surface area contributed by atoms with Gasteiger partial charge in [-0.3, -0.25) is 4.79 Å². The van der Waals surface area contributed by atoms with E-state index in [2.05, 4.69) is 4.98 Å². The van der Waals surface area contributed by atoms with Crippen molar-refractivity contribution in [3.8, 4) is 0 Å². The van der Waals surface area contributed by atoms with Gasteiger partial charge in [0.05, 0.1) is 17.3 Å². The maximum atomic E-state index is 13.2. The molecule has 2 aliphatic heterocycles. The number of aromatic nitrogens is 1. The number of hydrogen-bond donors (Lipinski definition) is 2. The summed E-state index contributed by atoms with van der Waals surface area (Å²) < 4.78 is 0. The van der Waals surface area contributed by atoms with Crippen molar-refractivity contribution in [1.29, 1.82) is 0 Å². The highest BCUT2D eigenvalue weighted by molar-refractivity contribution is 6.23. The molecule has 2 aromatic carbocycles. The zero-order valence-corrected chi connectivity index (χ0v) is 15.0. The van der Waals surface area contributed by atoms with Crippen LogP contribution in [0, 0.1) is 0 Å². The van der Waals surface area contributed by atoms with Crippen LogP contribution in [0.4, 0.5) is 10.5 Å². The van der Waals surface area contributed by atoms with E-state index in [-0.39, 0.29) is 23.2 Å². The Morgan fingerprint density at radius 1 is 1.11 bits per heavy atom. The molecule has 140 valence electrons. The Labute approximate surface area is 160 Å². The molecule has 0 aliphatic carbocycles. The monoisotopic (exact) mass is 375 g/mol.